The van der Waals surface area contributed by atoms with Gasteiger partial charge in [0.2, 0.25) is 5.13 Å². The van der Waals surface area contributed by atoms with Crippen molar-refractivity contribution in [3.8, 4) is 0 Å². The van der Waals surface area contributed by atoms with Gasteiger partial charge in [0.15, 0.2) is 10.0 Å². The Morgan fingerprint density at radius 1 is 1.56 bits per heavy atom. The van der Waals surface area contributed by atoms with Crippen LogP contribution < -0.4 is 5.32 Å². The van der Waals surface area contributed by atoms with E-state index in [-0.39, 0.29) is 11.6 Å². The fourth-order valence-corrected chi connectivity index (χ4v) is 2.81. The Labute approximate surface area is 112 Å². The van der Waals surface area contributed by atoms with Crippen LogP contribution in [0.3, 0.4) is 0 Å². The number of aryl methyl sites for hydroxylation is 1. The Morgan fingerprint density at radius 2 is 2.39 bits per heavy atom. The summed E-state index contributed by atoms with van der Waals surface area (Å²) in [6.45, 7) is 3.83. The summed E-state index contributed by atoms with van der Waals surface area (Å²) >= 11 is 2.98. The summed E-state index contributed by atoms with van der Waals surface area (Å²) < 4.78 is 5.68. The predicted octanol–water partition coefficient (Wildman–Crippen LogP) is 2.59. The largest absolute Gasteiger partial charge is 0.361 e. The smallest absolute Gasteiger partial charge is 0.279 e. The molecular formula is C10H12N4O2S2. The van der Waals surface area contributed by atoms with Gasteiger partial charge in [-0.15, -0.1) is 10.2 Å². The Kier molecular flexibility index (Phi) is 4.32. The molecule has 2 rings (SSSR count). The molecule has 8 heteroatoms. The number of nitrogens with zero attached hydrogens (tertiary/aromatic N) is 3. The van der Waals surface area contributed by atoms with E-state index < -0.39 is 0 Å². The maximum absolute atomic E-state index is 11.7. The van der Waals surface area contributed by atoms with Crippen molar-refractivity contribution >= 4 is 34.1 Å². The first-order valence-electron chi connectivity index (χ1n) is 5.40. The zero-order valence-electron chi connectivity index (χ0n) is 9.97. The van der Waals surface area contributed by atoms with Crippen molar-refractivity contribution in [2.45, 2.75) is 24.6 Å². The Hall–Kier alpha value is -1.41. The zero-order valence-corrected chi connectivity index (χ0v) is 11.6. The molecule has 18 heavy (non-hydrogen) atoms. The first-order chi connectivity index (χ1) is 8.69. The third kappa shape index (κ3) is 3.30. The van der Waals surface area contributed by atoms with E-state index in [4.69, 9.17) is 4.52 Å². The molecule has 0 saturated heterocycles. The number of carbonyl (C=O) groups is 1. The second kappa shape index (κ2) is 5.96. The molecule has 0 spiro atoms. The molecule has 1 amide bonds. The highest BCUT2D eigenvalue weighted by Crippen LogP contribution is 2.26. The average molecular weight is 284 g/mol. The standard InChI is InChI=1S/C10H12N4O2S2/c1-3-4-17-10-13-12-9(18-10)11-8(15)7-5-6(2)16-14-7/h5H,3-4H2,1-2H3,(H,11,12,15). The van der Waals surface area contributed by atoms with Gasteiger partial charge in [-0.1, -0.05) is 35.2 Å². The van der Waals surface area contributed by atoms with Gasteiger partial charge in [0, 0.05) is 11.8 Å². The number of anilines is 1. The van der Waals surface area contributed by atoms with E-state index in [1.165, 1.54) is 11.3 Å². The van der Waals surface area contributed by atoms with Gasteiger partial charge in [-0.25, -0.2) is 0 Å². The van der Waals surface area contributed by atoms with Crippen LogP contribution in [0.2, 0.25) is 0 Å². The van der Waals surface area contributed by atoms with E-state index in [1.54, 1.807) is 24.8 Å². The van der Waals surface area contributed by atoms with E-state index in [0.29, 0.717) is 10.9 Å². The lowest BCUT2D eigenvalue weighted by molar-refractivity contribution is 0.101. The molecule has 1 N–H and O–H groups in total. The van der Waals surface area contributed by atoms with Gasteiger partial charge in [-0.05, 0) is 13.3 Å². The molecule has 0 aliphatic carbocycles. The Bertz CT molecular complexity index is 537. The Balaban J connectivity index is 1.97. The molecule has 0 aliphatic heterocycles. The van der Waals surface area contributed by atoms with Gasteiger partial charge in [0.05, 0.1) is 0 Å². The number of hydrogen-bond donors (Lipinski definition) is 1. The number of amides is 1. The van der Waals surface area contributed by atoms with Crippen LogP contribution in [0.15, 0.2) is 14.9 Å². The number of thioether (sulfide) groups is 1. The molecule has 0 atom stereocenters. The third-order valence-corrected chi connectivity index (χ3v) is 4.10. The van der Waals surface area contributed by atoms with Crippen molar-refractivity contribution in [3.63, 3.8) is 0 Å². The van der Waals surface area contributed by atoms with Gasteiger partial charge < -0.3 is 4.52 Å². The minimum atomic E-state index is -0.338. The molecule has 0 aromatic carbocycles. The molecule has 0 saturated carbocycles. The molecule has 2 heterocycles. The highest BCUT2D eigenvalue weighted by atomic mass is 32.2. The van der Waals surface area contributed by atoms with Crippen LogP contribution in [-0.2, 0) is 0 Å². The van der Waals surface area contributed by atoms with E-state index in [2.05, 4.69) is 27.6 Å². The van der Waals surface area contributed by atoms with Gasteiger partial charge >= 0.3 is 0 Å². The molecule has 0 bridgehead atoms. The van der Waals surface area contributed by atoms with E-state index >= 15 is 0 Å². The monoisotopic (exact) mass is 284 g/mol. The van der Waals surface area contributed by atoms with Crippen LogP contribution in [0.25, 0.3) is 0 Å². The summed E-state index contributed by atoms with van der Waals surface area (Å²) in [5.74, 6) is 1.25. The second-order valence-electron chi connectivity index (χ2n) is 3.50. The van der Waals surface area contributed by atoms with Crippen LogP contribution in [0, 0.1) is 6.92 Å². The maximum atomic E-state index is 11.7. The maximum Gasteiger partial charge on any atom is 0.279 e. The third-order valence-electron chi connectivity index (χ3n) is 1.92. The van der Waals surface area contributed by atoms with Gasteiger partial charge in [-0.3, -0.25) is 10.1 Å². The second-order valence-corrected chi connectivity index (χ2v) is 5.82. The van der Waals surface area contributed by atoms with Crippen LogP contribution in [0.4, 0.5) is 5.13 Å². The summed E-state index contributed by atoms with van der Waals surface area (Å²) in [5.41, 5.74) is 0.241. The highest BCUT2D eigenvalue weighted by Gasteiger charge is 2.13. The van der Waals surface area contributed by atoms with Crippen molar-refractivity contribution in [2.75, 3.05) is 11.1 Å². The van der Waals surface area contributed by atoms with Gasteiger partial charge in [-0.2, -0.15) is 0 Å². The van der Waals surface area contributed by atoms with Gasteiger partial charge in [0.25, 0.3) is 5.91 Å². The lowest BCUT2D eigenvalue weighted by atomic mass is 10.4. The number of carbonyl (C=O) groups excluding carboxylic acids is 1. The van der Waals surface area contributed by atoms with E-state index in [1.807, 2.05) is 0 Å². The number of rotatable bonds is 5. The molecule has 2 aromatic heterocycles. The lowest BCUT2D eigenvalue weighted by Crippen LogP contribution is -2.11. The molecule has 0 fully saturated rings. The molecule has 96 valence electrons. The molecular weight excluding hydrogens is 272 g/mol. The lowest BCUT2D eigenvalue weighted by Gasteiger charge is -1.94. The van der Waals surface area contributed by atoms with Crippen LogP contribution >= 0.6 is 23.1 Å². The first-order valence-corrected chi connectivity index (χ1v) is 7.20. The molecule has 6 nitrogen and oxygen atoms in total. The summed E-state index contributed by atoms with van der Waals surface area (Å²) in [6, 6.07) is 1.57. The normalized spacial score (nSPS) is 10.6. The van der Waals surface area contributed by atoms with Crippen molar-refractivity contribution in [3.05, 3.63) is 17.5 Å². The summed E-state index contributed by atoms with van der Waals surface area (Å²) in [5, 5.41) is 14.6. The van der Waals surface area contributed by atoms with Crippen molar-refractivity contribution in [1.82, 2.24) is 15.4 Å². The minimum absolute atomic E-state index is 0.241. The van der Waals surface area contributed by atoms with Crippen LogP contribution in [0.1, 0.15) is 29.6 Å². The van der Waals surface area contributed by atoms with Crippen LogP contribution in [-0.4, -0.2) is 27.0 Å². The van der Waals surface area contributed by atoms with Crippen molar-refractivity contribution in [2.24, 2.45) is 0 Å². The topological polar surface area (TPSA) is 80.9 Å². The van der Waals surface area contributed by atoms with Crippen LogP contribution in [0.5, 0.6) is 0 Å². The van der Waals surface area contributed by atoms with Crippen molar-refractivity contribution < 1.29 is 9.32 Å². The highest BCUT2D eigenvalue weighted by molar-refractivity contribution is 8.01. The molecule has 0 unspecified atom stereocenters. The average Bonchev–Trinajstić information content (AvgIpc) is 2.96. The summed E-state index contributed by atoms with van der Waals surface area (Å²) in [4.78, 5) is 11.7. The summed E-state index contributed by atoms with van der Waals surface area (Å²) in [7, 11) is 0. The SMILES string of the molecule is CCCSc1nnc(NC(=O)c2cc(C)on2)s1. The van der Waals surface area contributed by atoms with E-state index in [9.17, 15) is 4.79 Å². The molecule has 0 radical (unpaired) electrons. The Morgan fingerprint density at radius 3 is 3.06 bits per heavy atom. The summed E-state index contributed by atoms with van der Waals surface area (Å²) in [6.07, 6.45) is 1.07. The zero-order chi connectivity index (χ0) is 13.0. The predicted molar refractivity (Wildman–Crippen MR) is 70.1 cm³/mol. The van der Waals surface area contributed by atoms with Gasteiger partial charge in [0.1, 0.15) is 5.76 Å². The van der Waals surface area contributed by atoms with Crippen molar-refractivity contribution in [1.29, 1.82) is 0 Å². The fraction of sp³-hybridized carbons (Fsp3) is 0.400. The molecule has 0 aliphatic rings. The number of hydrogen-bond acceptors (Lipinski definition) is 7. The first kappa shape index (κ1) is 13.0. The number of nitrogens with one attached hydrogen (secondary N) is 1. The quantitative estimate of drug-likeness (QED) is 0.671. The number of aromatic nitrogens is 3. The molecule has 2 aromatic rings. The fourth-order valence-electron chi connectivity index (χ4n) is 1.14. The minimum Gasteiger partial charge on any atom is -0.361 e. The van der Waals surface area contributed by atoms with E-state index in [0.717, 1.165) is 16.5 Å².